The molecule has 15 heavy (non-hydrogen) atoms. The minimum Gasteiger partial charge on any atom is -0.192 e. The van der Waals surface area contributed by atoms with Crippen molar-refractivity contribution in [3.8, 4) is 6.07 Å². The standard InChI is InChI=1S/C14H13N/c1-14-7-3-6-12(14)13-10(8-14)4-2-5-11(13)9-15/h2,4-6H,3,7-8H2,1H3. The van der Waals surface area contributed by atoms with Gasteiger partial charge < -0.3 is 0 Å². The van der Waals surface area contributed by atoms with Crippen LogP contribution in [0.15, 0.2) is 24.3 Å². The minimum absolute atomic E-state index is 0.315. The van der Waals surface area contributed by atoms with Gasteiger partial charge in [-0.2, -0.15) is 5.26 Å². The summed E-state index contributed by atoms with van der Waals surface area (Å²) in [5.41, 5.74) is 5.19. The Morgan fingerprint density at radius 1 is 1.40 bits per heavy atom. The minimum atomic E-state index is 0.315. The number of fused-ring (bicyclic) bond motifs is 3. The predicted molar refractivity (Wildman–Crippen MR) is 60.2 cm³/mol. The van der Waals surface area contributed by atoms with Crippen LogP contribution in [-0.4, -0.2) is 0 Å². The second-order valence-corrected chi connectivity index (χ2v) is 4.85. The lowest BCUT2D eigenvalue weighted by molar-refractivity contribution is 0.448. The van der Waals surface area contributed by atoms with E-state index in [2.05, 4.69) is 25.1 Å². The van der Waals surface area contributed by atoms with Gasteiger partial charge in [0.1, 0.15) is 0 Å². The molecule has 0 saturated carbocycles. The first kappa shape index (κ1) is 8.73. The van der Waals surface area contributed by atoms with E-state index < -0.39 is 0 Å². The van der Waals surface area contributed by atoms with E-state index >= 15 is 0 Å². The van der Waals surface area contributed by atoms with Gasteiger partial charge in [0.2, 0.25) is 0 Å². The van der Waals surface area contributed by atoms with Crippen LogP contribution in [0, 0.1) is 16.7 Å². The molecule has 1 aromatic carbocycles. The van der Waals surface area contributed by atoms with Gasteiger partial charge in [0.15, 0.2) is 0 Å². The molecule has 0 bridgehead atoms. The van der Waals surface area contributed by atoms with Gasteiger partial charge in [-0.3, -0.25) is 0 Å². The van der Waals surface area contributed by atoms with Crippen molar-refractivity contribution in [3.05, 3.63) is 41.0 Å². The quantitative estimate of drug-likeness (QED) is 0.623. The van der Waals surface area contributed by atoms with Crippen molar-refractivity contribution in [1.29, 1.82) is 5.26 Å². The summed E-state index contributed by atoms with van der Waals surface area (Å²) in [6, 6.07) is 8.42. The molecule has 0 radical (unpaired) electrons. The molecule has 74 valence electrons. The second kappa shape index (κ2) is 2.73. The van der Waals surface area contributed by atoms with Crippen LogP contribution >= 0.6 is 0 Å². The van der Waals surface area contributed by atoms with E-state index in [9.17, 15) is 0 Å². The predicted octanol–water partition coefficient (Wildman–Crippen LogP) is 3.30. The number of rotatable bonds is 0. The number of nitrogens with zero attached hydrogens (tertiary/aromatic N) is 1. The third kappa shape index (κ3) is 1.02. The summed E-state index contributed by atoms with van der Waals surface area (Å²) in [6.45, 7) is 2.33. The molecule has 0 saturated heterocycles. The normalized spacial score (nSPS) is 26.8. The highest BCUT2D eigenvalue weighted by Gasteiger charge is 2.40. The lowest BCUT2D eigenvalue weighted by Crippen LogP contribution is -2.10. The average Bonchev–Trinajstić information content (AvgIpc) is 2.70. The van der Waals surface area contributed by atoms with Gasteiger partial charge in [-0.15, -0.1) is 0 Å². The van der Waals surface area contributed by atoms with Crippen molar-refractivity contribution in [2.75, 3.05) is 0 Å². The van der Waals surface area contributed by atoms with E-state index in [-0.39, 0.29) is 0 Å². The maximum Gasteiger partial charge on any atom is 0.0998 e. The molecule has 0 spiro atoms. The van der Waals surface area contributed by atoms with E-state index in [4.69, 9.17) is 5.26 Å². The highest BCUT2D eigenvalue weighted by Crippen LogP contribution is 2.53. The van der Waals surface area contributed by atoms with Crippen LogP contribution in [0.25, 0.3) is 5.57 Å². The van der Waals surface area contributed by atoms with Crippen molar-refractivity contribution < 1.29 is 0 Å². The smallest absolute Gasteiger partial charge is 0.0998 e. The Kier molecular flexibility index (Phi) is 1.59. The highest BCUT2D eigenvalue weighted by molar-refractivity contribution is 5.82. The first-order valence-electron chi connectivity index (χ1n) is 5.48. The molecule has 0 fully saturated rings. The summed E-state index contributed by atoms with van der Waals surface area (Å²) in [7, 11) is 0. The molecular weight excluding hydrogens is 182 g/mol. The maximum atomic E-state index is 9.13. The first-order valence-corrected chi connectivity index (χ1v) is 5.48. The average molecular weight is 195 g/mol. The monoisotopic (exact) mass is 195 g/mol. The number of nitriles is 1. The molecule has 2 aliphatic carbocycles. The number of hydrogen-bond acceptors (Lipinski definition) is 1. The van der Waals surface area contributed by atoms with Crippen molar-refractivity contribution in [3.63, 3.8) is 0 Å². The van der Waals surface area contributed by atoms with E-state index in [0.29, 0.717) is 5.41 Å². The van der Waals surface area contributed by atoms with Crippen molar-refractivity contribution >= 4 is 5.57 Å². The maximum absolute atomic E-state index is 9.13. The van der Waals surface area contributed by atoms with Crippen LogP contribution in [0.3, 0.4) is 0 Å². The van der Waals surface area contributed by atoms with Crippen LogP contribution in [0.1, 0.15) is 36.5 Å². The highest BCUT2D eigenvalue weighted by atomic mass is 14.4. The molecule has 0 N–H and O–H groups in total. The molecule has 0 aliphatic heterocycles. The van der Waals surface area contributed by atoms with Crippen LogP contribution in [0.4, 0.5) is 0 Å². The van der Waals surface area contributed by atoms with E-state index in [1.807, 2.05) is 12.1 Å². The van der Waals surface area contributed by atoms with Crippen LogP contribution < -0.4 is 0 Å². The molecular formula is C14H13N. The van der Waals surface area contributed by atoms with E-state index in [1.54, 1.807) is 0 Å². The fourth-order valence-corrected chi connectivity index (χ4v) is 3.08. The fraction of sp³-hybridized carbons (Fsp3) is 0.357. The first-order chi connectivity index (χ1) is 7.24. The summed E-state index contributed by atoms with van der Waals surface area (Å²) < 4.78 is 0. The summed E-state index contributed by atoms with van der Waals surface area (Å²) >= 11 is 0. The summed E-state index contributed by atoms with van der Waals surface area (Å²) in [5.74, 6) is 0. The Balaban J connectivity index is 2.28. The van der Waals surface area contributed by atoms with Gasteiger partial charge in [0.05, 0.1) is 11.6 Å². The zero-order valence-electron chi connectivity index (χ0n) is 8.88. The third-order valence-electron chi connectivity index (χ3n) is 3.82. The molecule has 1 heteroatoms. The second-order valence-electron chi connectivity index (χ2n) is 4.85. The molecule has 0 amide bonds. The van der Waals surface area contributed by atoms with Gasteiger partial charge >= 0.3 is 0 Å². The largest absolute Gasteiger partial charge is 0.192 e. The Morgan fingerprint density at radius 2 is 2.27 bits per heavy atom. The Labute approximate surface area is 90.0 Å². The van der Waals surface area contributed by atoms with Crippen molar-refractivity contribution in [2.45, 2.75) is 26.2 Å². The van der Waals surface area contributed by atoms with Gasteiger partial charge in [-0.25, -0.2) is 0 Å². The molecule has 1 unspecified atom stereocenters. The SMILES string of the molecule is CC12CCC=C1c1c(C#N)cccc1C2. The summed E-state index contributed by atoms with van der Waals surface area (Å²) in [4.78, 5) is 0. The molecule has 0 aromatic heterocycles. The Morgan fingerprint density at radius 3 is 3.07 bits per heavy atom. The fourth-order valence-electron chi connectivity index (χ4n) is 3.08. The van der Waals surface area contributed by atoms with Gasteiger partial charge in [-0.05, 0) is 47.4 Å². The number of hydrogen-bond donors (Lipinski definition) is 0. The Bertz CT molecular complexity index is 505. The van der Waals surface area contributed by atoms with E-state index in [0.717, 1.165) is 12.0 Å². The van der Waals surface area contributed by atoms with Crippen LogP contribution in [0.2, 0.25) is 0 Å². The topological polar surface area (TPSA) is 23.8 Å². The van der Waals surface area contributed by atoms with E-state index in [1.165, 1.54) is 29.5 Å². The molecule has 1 nitrogen and oxygen atoms in total. The van der Waals surface area contributed by atoms with Gasteiger partial charge in [0, 0.05) is 0 Å². The molecule has 3 rings (SSSR count). The Hall–Kier alpha value is -1.55. The van der Waals surface area contributed by atoms with Crippen molar-refractivity contribution in [1.82, 2.24) is 0 Å². The summed E-state index contributed by atoms with van der Waals surface area (Å²) in [5, 5.41) is 9.13. The molecule has 0 heterocycles. The molecule has 2 aliphatic rings. The zero-order chi connectivity index (χ0) is 10.5. The summed E-state index contributed by atoms with van der Waals surface area (Å²) in [6.07, 6.45) is 5.85. The molecule has 1 aromatic rings. The van der Waals surface area contributed by atoms with Crippen LogP contribution in [0.5, 0.6) is 0 Å². The zero-order valence-corrected chi connectivity index (χ0v) is 8.88. The number of allylic oxidation sites excluding steroid dienone is 2. The lowest BCUT2D eigenvalue weighted by atomic mass is 9.84. The van der Waals surface area contributed by atoms with Crippen molar-refractivity contribution in [2.24, 2.45) is 5.41 Å². The third-order valence-corrected chi connectivity index (χ3v) is 3.82. The van der Waals surface area contributed by atoms with Gasteiger partial charge in [0.25, 0.3) is 0 Å². The number of benzene rings is 1. The van der Waals surface area contributed by atoms with Gasteiger partial charge in [-0.1, -0.05) is 25.1 Å². The molecule has 1 atom stereocenters. The van der Waals surface area contributed by atoms with Crippen LogP contribution in [-0.2, 0) is 6.42 Å². The lowest BCUT2D eigenvalue weighted by Gasteiger charge is -2.19.